The second-order valence-electron chi connectivity index (χ2n) is 9.12. The Bertz CT molecular complexity index is 993. The molecule has 1 aliphatic carbocycles. The number of hydrogen-bond donors (Lipinski definition) is 3. The molecular formula is C25H34N4O4. The van der Waals surface area contributed by atoms with E-state index in [1.165, 1.54) is 24.2 Å². The first-order valence-electron chi connectivity index (χ1n) is 12.1. The number of carbonyl (C=O) groups is 3. The van der Waals surface area contributed by atoms with Crippen LogP contribution in [0.2, 0.25) is 0 Å². The Hall–Kier alpha value is -3.03. The van der Waals surface area contributed by atoms with Crippen LogP contribution in [0.5, 0.6) is 5.75 Å². The number of rotatable bonds is 8. The van der Waals surface area contributed by atoms with Gasteiger partial charge in [-0.25, -0.2) is 4.79 Å². The highest BCUT2D eigenvalue weighted by molar-refractivity contribution is 6.04. The third-order valence-corrected chi connectivity index (χ3v) is 6.82. The minimum atomic E-state index is -0.636. The number of carbonyl (C=O) groups excluding carboxylic acids is 3. The Morgan fingerprint density at radius 1 is 1.15 bits per heavy atom. The minimum absolute atomic E-state index is 0.0335. The number of fused-ring (bicyclic) bond motifs is 1. The van der Waals surface area contributed by atoms with Gasteiger partial charge in [0.05, 0.1) is 7.11 Å². The van der Waals surface area contributed by atoms with Crippen molar-refractivity contribution in [3.05, 3.63) is 30.0 Å². The van der Waals surface area contributed by atoms with Gasteiger partial charge < -0.3 is 20.4 Å². The minimum Gasteiger partial charge on any atom is -0.497 e. The van der Waals surface area contributed by atoms with Crippen LogP contribution in [0, 0.1) is 0 Å². The second-order valence-corrected chi connectivity index (χ2v) is 9.12. The number of benzene rings is 1. The van der Waals surface area contributed by atoms with Crippen LogP contribution in [0.3, 0.4) is 0 Å². The fourth-order valence-electron chi connectivity index (χ4n) is 4.88. The molecule has 33 heavy (non-hydrogen) atoms. The number of urea groups is 1. The lowest BCUT2D eigenvalue weighted by atomic mass is 9.96. The molecule has 2 heterocycles. The van der Waals surface area contributed by atoms with Crippen LogP contribution < -0.4 is 15.4 Å². The molecule has 3 N–H and O–H groups in total. The van der Waals surface area contributed by atoms with E-state index >= 15 is 0 Å². The molecule has 0 radical (unpaired) electrons. The maximum absolute atomic E-state index is 12.8. The van der Waals surface area contributed by atoms with Gasteiger partial charge >= 0.3 is 6.03 Å². The topological polar surface area (TPSA) is 104 Å². The SMILES string of the molecule is COc1ccc2[nH]cc(CCN3C(=O)NC(CCC(=O)NC4CCCCCCC4)C3=O)c2c1. The van der Waals surface area contributed by atoms with Gasteiger partial charge in [0.15, 0.2) is 0 Å². The van der Waals surface area contributed by atoms with Gasteiger partial charge in [-0.05, 0) is 49.4 Å². The zero-order valence-corrected chi connectivity index (χ0v) is 19.3. The number of methoxy groups -OCH3 is 1. The standard InChI is InChI=1S/C25H34N4O4/c1-33-19-9-10-21-20(15-19)17(16-26-21)13-14-29-24(31)22(28-25(29)32)11-12-23(30)27-18-7-5-3-2-4-6-8-18/h9-10,15-16,18,22,26H,2-8,11-14H2,1H3,(H,27,30)(H,28,32). The molecule has 1 unspecified atom stereocenters. The molecule has 1 atom stereocenters. The number of aromatic nitrogens is 1. The van der Waals surface area contributed by atoms with Gasteiger partial charge in [0.25, 0.3) is 5.91 Å². The summed E-state index contributed by atoms with van der Waals surface area (Å²) in [7, 11) is 1.62. The molecule has 8 heteroatoms. The molecule has 4 amide bonds. The van der Waals surface area contributed by atoms with E-state index in [4.69, 9.17) is 4.74 Å². The molecule has 8 nitrogen and oxygen atoms in total. The van der Waals surface area contributed by atoms with Crippen LogP contribution in [0.25, 0.3) is 10.9 Å². The van der Waals surface area contributed by atoms with Gasteiger partial charge in [-0.1, -0.05) is 32.1 Å². The molecular weight excluding hydrogens is 420 g/mol. The Morgan fingerprint density at radius 3 is 2.67 bits per heavy atom. The average Bonchev–Trinajstić information content (AvgIpc) is 3.32. The van der Waals surface area contributed by atoms with Crippen molar-refractivity contribution in [2.24, 2.45) is 0 Å². The van der Waals surface area contributed by atoms with Gasteiger partial charge in [-0.2, -0.15) is 0 Å². The predicted molar refractivity (Wildman–Crippen MR) is 126 cm³/mol. The van der Waals surface area contributed by atoms with Crippen molar-refractivity contribution in [1.82, 2.24) is 20.5 Å². The molecule has 178 valence electrons. The molecule has 2 fully saturated rings. The summed E-state index contributed by atoms with van der Waals surface area (Å²) in [5.74, 6) is 0.473. The number of ether oxygens (including phenoxy) is 1. The average molecular weight is 455 g/mol. The van der Waals surface area contributed by atoms with E-state index in [1.54, 1.807) is 7.11 Å². The highest BCUT2D eigenvalue weighted by Crippen LogP contribution is 2.24. The maximum Gasteiger partial charge on any atom is 0.324 e. The molecule has 0 spiro atoms. The lowest BCUT2D eigenvalue weighted by molar-refractivity contribution is -0.127. The van der Waals surface area contributed by atoms with Crippen molar-refractivity contribution in [2.75, 3.05) is 13.7 Å². The highest BCUT2D eigenvalue weighted by Gasteiger charge is 2.37. The summed E-state index contributed by atoms with van der Waals surface area (Å²) in [6.45, 7) is 0.291. The van der Waals surface area contributed by atoms with Crippen molar-refractivity contribution in [3.63, 3.8) is 0 Å². The number of nitrogens with zero attached hydrogens (tertiary/aromatic N) is 1. The molecule has 1 aromatic carbocycles. The van der Waals surface area contributed by atoms with Crippen molar-refractivity contribution >= 4 is 28.7 Å². The predicted octanol–water partition coefficient (Wildman–Crippen LogP) is 3.65. The normalized spacial score (nSPS) is 19.9. The molecule has 1 saturated carbocycles. The quantitative estimate of drug-likeness (QED) is 0.530. The van der Waals surface area contributed by atoms with Crippen LogP contribution in [0.4, 0.5) is 4.79 Å². The second kappa shape index (κ2) is 10.7. The summed E-state index contributed by atoms with van der Waals surface area (Å²) in [6.07, 6.45) is 11.1. The molecule has 1 saturated heterocycles. The first kappa shape index (κ1) is 23.1. The Kier molecular flexibility index (Phi) is 7.52. The van der Waals surface area contributed by atoms with Gasteiger partial charge in [0, 0.05) is 36.1 Å². The van der Waals surface area contributed by atoms with Crippen molar-refractivity contribution in [3.8, 4) is 5.75 Å². The van der Waals surface area contributed by atoms with E-state index in [0.29, 0.717) is 19.4 Å². The van der Waals surface area contributed by atoms with E-state index in [9.17, 15) is 14.4 Å². The zero-order valence-electron chi connectivity index (χ0n) is 19.3. The number of aromatic amines is 1. The Labute approximate surface area is 194 Å². The number of imide groups is 1. The van der Waals surface area contributed by atoms with Crippen molar-refractivity contribution in [2.45, 2.75) is 76.3 Å². The van der Waals surface area contributed by atoms with Crippen molar-refractivity contribution in [1.29, 1.82) is 0 Å². The Morgan fingerprint density at radius 2 is 1.91 bits per heavy atom. The van der Waals surface area contributed by atoms with E-state index in [2.05, 4.69) is 15.6 Å². The van der Waals surface area contributed by atoms with Gasteiger partial charge in [0.2, 0.25) is 5.91 Å². The summed E-state index contributed by atoms with van der Waals surface area (Å²) in [6, 6.07) is 5.00. The maximum atomic E-state index is 12.8. The van der Waals surface area contributed by atoms with Crippen molar-refractivity contribution < 1.29 is 19.1 Å². The van der Waals surface area contributed by atoms with Gasteiger partial charge in [0.1, 0.15) is 11.8 Å². The van der Waals surface area contributed by atoms with Crippen LogP contribution in [-0.2, 0) is 16.0 Å². The number of nitrogens with one attached hydrogen (secondary N) is 3. The Balaban J connectivity index is 1.27. The molecule has 2 aliphatic rings. The van der Waals surface area contributed by atoms with Gasteiger partial charge in [-0.15, -0.1) is 0 Å². The molecule has 2 aromatic rings. The largest absolute Gasteiger partial charge is 0.497 e. The molecule has 4 rings (SSSR count). The summed E-state index contributed by atoms with van der Waals surface area (Å²) in [4.78, 5) is 42.1. The van der Waals surface area contributed by atoms with Gasteiger partial charge in [-0.3, -0.25) is 14.5 Å². The first-order valence-corrected chi connectivity index (χ1v) is 12.1. The fourth-order valence-corrected chi connectivity index (χ4v) is 4.88. The lowest BCUT2D eigenvalue weighted by Gasteiger charge is -2.21. The summed E-state index contributed by atoms with van der Waals surface area (Å²) in [5, 5.41) is 6.89. The van der Waals surface area contributed by atoms with Crippen LogP contribution >= 0.6 is 0 Å². The number of amides is 4. The van der Waals surface area contributed by atoms with Crippen LogP contribution in [0.1, 0.15) is 63.4 Å². The number of hydrogen-bond acceptors (Lipinski definition) is 4. The number of H-pyrrole nitrogens is 1. The van der Waals surface area contributed by atoms with E-state index in [0.717, 1.165) is 47.9 Å². The summed E-state index contributed by atoms with van der Waals surface area (Å²) < 4.78 is 5.30. The third kappa shape index (κ3) is 5.67. The van der Waals surface area contributed by atoms with E-state index in [1.807, 2.05) is 24.4 Å². The fraction of sp³-hybridized carbons (Fsp3) is 0.560. The molecule has 0 bridgehead atoms. The third-order valence-electron chi connectivity index (χ3n) is 6.82. The monoisotopic (exact) mass is 454 g/mol. The zero-order chi connectivity index (χ0) is 23.2. The van der Waals surface area contributed by atoms with E-state index < -0.39 is 6.04 Å². The summed E-state index contributed by atoms with van der Waals surface area (Å²) >= 11 is 0. The lowest BCUT2D eigenvalue weighted by Crippen LogP contribution is -2.37. The first-order chi connectivity index (χ1) is 16.0. The van der Waals surface area contributed by atoms with Crippen LogP contribution in [-0.4, -0.2) is 53.5 Å². The van der Waals surface area contributed by atoms with E-state index in [-0.39, 0.29) is 30.3 Å². The summed E-state index contributed by atoms with van der Waals surface area (Å²) in [5.41, 5.74) is 2.00. The van der Waals surface area contributed by atoms with Crippen LogP contribution in [0.15, 0.2) is 24.4 Å². The smallest absolute Gasteiger partial charge is 0.324 e. The highest BCUT2D eigenvalue weighted by atomic mass is 16.5. The molecule has 1 aromatic heterocycles. The molecule has 1 aliphatic heterocycles.